The second-order valence-corrected chi connectivity index (χ2v) is 10.3. The molecule has 0 unspecified atom stereocenters. The number of halogens is 1. The first-order chi connectivity index (χ1) is 14.7. The minimum Gasteiger partial charge on any atom is -0.325 e. The predicted octanol–water partition coefficient (Wildman–Crippen LogP) is 4.11. The summed E-state index contributed by atoms with van der Waals surface area (Å²) in [4.78, 5) is 30.5. The second-order valence-electron chi connectivity index (χ2n) is 6.96. The molecule has 0 bridgehead atoms. The number of hydrogen-bond acceptors (Lipinski definition) is 6. The molecule has 31 heavy (non-hydrogen) atoms. The Balaban J connectivity index is 1.70. The highest BCUT2D eigenvalue weighted by Crippen LogP contribution is 2.22. The van der Waals surface area contributed by atoms with Crippen LogP contribution >= 0.6 is 23.4 Å². The molecule has 162 valence electrons. The van der Waals surface area contributed by atoms with E-state index >= 15 is 0 Å². The monoisotopic (exact) mass is 477 g/mol. The Kier molecular flexibility index (Phi) is 7.19. The maximum absolute atomic E-state index is 12.8. The molecule has 2 N–H and O–H groups in total. The van der Waals surface area contributed by atoms with E-state index in [9.17, 15) is 18.0 Å². The molecule has 10 heteroatoms. The second kappa shape index (κ2) is 9.67. The lowest BCUT2D eigenvalue weighted by atomic mass is 10.0. The van der Waals surface area contributed by atoms with Gasteiger partial charge >= 0.3 is 0 Å². The third-order valence-corrected chi connectivity index (χ3v) is 7.22. The van der Waals surface area contributed by atoms with E-state index in [0.29, 0.717) is 10.7 Å². The molecular weight excluding hydrogens is 458 g/mol. The van der Waals surface area contributed by atoms with Gasteiger partial charge in [-0.2, -0.15) is 0 Å². The van der Waals surface area contributed by atoms with Gasteiger partial charge in [-0.15, -0.1) is 0 Å². The van der Waals surface area contributed by atoms with Gasteiger partial charge in [-0.25, -0.2) is 13.4 Å². The van der Waals surface area contributed by atoms with E-state index < -0.39 is 20.3 Å². The normalized spacial score (nSPS) is 11.5. The molecule has 0 saturated carbocycles. The van der Waals surface area contributed by atoms with Gasteiger partial charge in [0.15, 0.2) is 10.1 Å². The van der Waals surface area contributed by atoms with Crippen molar-refractivity contribution in [2.75, 3.05) is 11.1 Å². The zero-order chi connectivity index (χ0) is 22.6. The van der Waals surface area contributed by atoms with Gasteiger partial charge in [-0.1, -0.05) is 55.4 Å². The van der Waals surface area contributed by atoms with Crippen molar-refractivity contribution in [3.05, 3.63) is 75.7 Å². The number of carbonyl (C=O) groups excluding carboxylic acids is 1. The third-order valence-electron chi connectivity index (χ3n) is 4.34. The standard InChI is InChI=1S/C21H20ClN3O4S2/c1-13(2)14-6-8-17(9-7-14)31(28,29)18-11-23-21(25-20(18)27)30-12-19(26)24-16-5-3-4-15(22)10-16/h3-11,13H,12H2,1-2H3,(H,24,26)(H,23,25,27). The summed E-state index contributed by atoms with van der Waals surface area (Å²) in [5.74, 6) is -0.0934. The number of carbonyl (C=O) groups is 1. The van der Waals surface area contributed by atoms with Crippen molar-refractivity contribution in [3.8, 4) is 0 Å². The molecule has 0 aliphatic carbocycles. The van der Waals surface area contributed by atoms with Crippen molar-refractivity contribution in [2.24, 2.45) is 0 Å². The third kappa shape index (κ3) is 5.75. The number of thioether (sulfide) groups is 1. The van der Waals surface area contributed by atoms with Gasteiger partial charge in [-0.05, 0) is 41.8 Å². The van der Waals surface area contributed by atoms with E-state index in [0.717, 1.165) is 23.5 Å². The van der Waals surface area contributed by atoms with E-state index in [2.05, 4.69) is 15.3 Å². The molecule has 0 aliphatic heterocycles. The van der Waals surface area contributed by atoms with E-state index in [1.165, 1.54) is 12.1 Å². The van der Waals surface area contributed by atoms with Crippen LogP contribution in [0.25, 0.3) is 0 Å². The van der Waals surface area contributed by atoms with Crippen LogP contribution in [-0.4, -0.2) is 30.0 Å². The largest absolute Gasteiger partial charge is 0.325 e. The summed E-state index contributed by atoms with van der Waals surface area (Å²) >= 11 is 6.86. The fraction of sp³-hybridized carbons (Fsp3) is 0.190. The summed E-state index contributed by atoms with van der Waals surface area (Å²) in [6, 6.07) is 13.1. The van der Waals surface area contributed by atoms with Gasteiger partial charge in [0.25, 0.3) is 5.56 Å². The van der Waals surface area contributed by atoms with Crippen molar-refractivity contribution in [2.45, 2.75) is 34.7 Å². The number of hydrogen-bond donors (Lipinski definition) is 2. The number of aromatic nitrogens is 2. The van der Waals surface area contributed by atoms with Gasteiger partial charge in [0.1, 0.15) is 0 Å². The highest BCUT2D eigenvalue weighted by Gasteiger charge is 2.22. The number of anilines is 1. The molecule has 1 aromatic heterocycles. The Morgan fingerprint density at radius 1 is 1.19 bits per heavy atom. The van der Waals surface area contributed by atoms with Crippen molar-refractivity contribution in [3.63, 3.8) is 0 Å². The lowest BCUT2D eigenvalue weighted by Gasteiger charge is -2.08. The van der Waals surface area contributed by atoms with Crippen LogP contribution in [0.4, 0.5) is 5.69 Å². The van der Waals surface area contributed by atoms with E-state index in [4.69, 9.17) is 11.6 Å². The van der Waals surface area contributed by atoms with E-state index in [1.807, 2.05) is 13.8 Å². The quantitative estimate of drug-likeness (QED) is 0.391. The molecule has 0 spiro atoms. The molecular formula is C21H20ClN3O4S2. The van der Waals surface area contributed by atoms with E-state index in [-0.39, 0.29) is 27.6 Å². The molecule has 0 saturated heterocycles. The number of nitrogens with one attached hydrogen (secondary N) is 2. The van der Waals surface area contributed by atoms with Gasteiger partial charge in [0.05, 0.1) is 16.8 Å². The van der Waals surface area contributed by atoms with Crippen LogP contribution in [-0.2, 0) is 14.6 Å². The Morgan fingerprint density at radius 2 is 1.90 bits per heavy atom. The number of aromatic amines is 1. The molecule has 0 radical (unpaired) electrons. The van der Waals surface area contributed by atoms with Gasteiger partial charge in [0, 0.05) is 10.7 Å². The van der Waals surface area contributed by atoms with Gasteiger partial charge < -0.3 is 10.3 Å². The minimum atomic E-state index is -4.01. The lowest BCUT2D eigenvalue weighted by Crippen LogP contribution is -2.20. The maximum atomic E-state index is 12.8. The summed E-state index contributed by atoms with van der Waals surface area (Å²) in [7, 11) is -4.01. The Morgan fingerprint density at radius 3 is 2.52 bits per heavy atom. The molecule has 2 aromatic carbocycles. The lowest BCUT2D eigenvalue weighted by molar-refractivity contribution is -0.113. The summed E-state index contributed by atoms with van der Waals surface area (Å²) in [5, 5.41) is 3.31. The minimum absolute atomic E-state index is 0.0190. The van der Waals surface area contributed by atoms with Crippen molar-refractivity contribution >= 4 is 44.8 Å². The van der Waals surface area contributed by atoms with Crippen molar-refractivity contribution < 1.29 is 13.2 Å². The molecule has 0 aliphatic rings. The summed E-state index contributed by atoms with van der Waals surface area (Å²) in [6.45, 7) is 4.01. The first kappa shape index (κ1) is 23.1. The highest BCUT2D eigenvalue weighted by atomic mass is 35.5. The Hall–Kier alpha value is -2.62. The fourth-order valence-corrected chi connectivity index (χ4v) is 4.74. The molecule has 3 rings (SSSR count). The van der Waals surface area contributed by atoms with Gasteiger partial charge in [0.2, 0.25) is 15.7 Å². The fourth-order valence-electron chi connectivity index (χ4n) is 2.69. The first-order valence-electron chi connectivity index (χ1n) is 9.29. The Bertz CT molecular complexity index is 1260. The molecule has 1 heterocycles. The zero-order valence-corrected chi connectivity index (χ0v) is 19.1. The first-order valence-corrected chi connectivity index (χ1v) is 12.1. The number of amides is 1. The topological polar surface area (TPSA) is 109 Å². The summed E-state index contributed by atoms with van der Waals surface area (Å²) < 4.78 is 25.6. The summed E-state index contributed by atoms with van der Waals surface area (Å²) in [5.41, 5.74) is 0.749. The average Bonchev–Trinajstić information content (AvgIpc) is 2.72. The van der Waals surface area contributed by atoms with E-state index in [1.54, 1.807) is 36.4 Å². The molecule has 0 fully saturated rings. The van der Waals surface area contributed by atoms with Crippen LogP contribution in [0.1, 0.15) is 25.3 Å². The SMILES string of the molecule is CC(C)c1ccc(S(=O)(=O)c2cnc(SCC(=O)Nc3cccc(Cl)c3)[nH]c2=O)cc1. The van der Waals surface area contributed by atoms with Crippen molar-refractivity contribution in [1.82, 2.24) is 9.97 Å². The van der Waals surface area contributed by atoms with Crippen LogP contribution < -0.4 is 10.9 Å². The number of sulfone groups is 1. The van der Waals surface area contributed by atoms with Crippen LogP contribution in [0.5, 0.6) is 0 Å². The summed E-state index contributed by atoms with van der Waals surface area (Å²) in [6.07, 6.45) is 1.02. The number of nitrogens with zero attached hydrogens (tertiary/aromatic N) is 1. The van der Waals surface area contributed by atoms with Crippen LogP contribution in [0.2, 0.25) is 5.02 Å². The molecule has 0 atom stereocenters. The Labute approximate surface area is 189 Å². The van der Waals surface area contributed by atoms with Crippen LogP contribution in [0.3, 0.4) is 0 Å². The maximum Gasteiger partial charge on any atom is 0.270 e. The van der Waals surface area contributed by atoms with Crippen molar-refractivity contribution in [1.29, 1.82) is 0 Å². The smallest absolute Gasteiger partial charge is 0.270 e. The number of benzene rings is 2. The predicted molar refractivity (Wildman–Crippen MR) is 122 cm³/mol. The molecule has 7 nitrogen and oxygen atoms in total. The van der Waals surface area contributed by atoms with Crippen LogP contribution in [0, 0.1) is 0 Å². The molecule has 1 amide bonds. The highest BCUT2D eigenvalue weighted by molar-refractivity contribution is 7.99. The van der Waals surface area contributed by atoms with Gasteiger partial charge in [-0.3, -0.25) is 9.59 Å². The molecule has 3 aromatic rings. The van der Waals surface area contributed by atoms with Crippen LogP contribution in [0.15, 0.2) is 74.5 Å². The zero-order valence-electron chi connectivity index (χ0n) is 16.8. The average molecular weight is 478 g/mol. The number of H-pyrrole nitrogens is 1. The number of rotatable bonds is 7.